The van der Waals surface area contributed by atoms with Crippen molar-refractivity contribution >= 4 is 44.5 Å². The summed E-state index contributed by atoms with van der Waals surface area (Å²) in [6, 6.07) is 7.95. The van der Waals surface area contributed by atoms with Crippen LogP contribution in [0.5, 0.6) is 0 Å². The average molecular weight is 344 g/mol. The number of hydrogen-bond acceptors (Lipinski definition) is 5. The lowest BCUT2D eigenvalue weighted by atomic mass is 10.2. The summed E-state index contributed by atoms with van der Waals surface area (Å²) < 4.78 is 6.57. The van der Waals surface area contributed by atoms with Gasteiger partial charge in [0.05, 0.1) is 33.3 Å². The van der Waals surface area contributed by atoms with Gasteiger partial charge in [-0.05, 0) is 36.8 Å². The van der Waals surface area contributed by atoms with E-state index in [1.165, 1.54) is 4.88 Å². The minimum atomic E-state index is 0.0324. The van der Waals surface area contributed by atoms with Crippen LogP contribution in [0.4, 0.5) is 5.69 Å². The number of ether oxygens (including phenoxy) is 1. The van der Waals surface area contributed by atoms with E-state index in [1.54, 1.807) is 27.6 Å². The molecule has 0 N–H and O–H groups in total. The van der Waals surface area contributed by atoms with Crippen molar-refractivity contribution in [3.8, 4) is 0 Å². The number of rotatable bonds is 2. The first-order valence-corrected chi connectivity index (χ1v) is 9.10. The van der Waals surface area contributed by atoms with Gasteiger partial charge < -0.3 is 9.64 Å². The Balaban J connectivity index is 1.64. The second-order valence-electron chi connectivity index (χ2n) is 5.61. The van der Waals surface area contributed by atoms with Crippen LogP contribution in [0.25, 0.3) is 10.2 Å². The number of carbonyl (C=O) groups is 1. The van der Waals surface area contributed by atoms with Crippen LogP contribution < -0.4 is 4.90 Å². The molecule has 0 saturated heterocycles. The number of benzene rings is 1. The highest BCUT2D eigenvalue weighted by Crippen LogP contribution is 2.30. The molecule has 0 unspecified atom stereocenters. The summed E-state index contributed by atoms with van der Waals surface area (Å²) in [6.45, 7) is 3.37. The summed E-state index contributed by atoms with van der Waals surface area (Å²) in [5, 5.41) is 1.04. The molecule has 1 aliphatic rings. The maximum absolute atomic E-state index is 12.8. The van der Waals surface area contributed by atoms with Gasteiger partial charge >= 0.3 is 0 Å². The summed E-state index contributed by atoms with van der Waals surface area (Å²) in [4.78, 5) is 21.0. The third-order valence-corrected chi connectivity index (χ3v) is 6.17. The molecule has 4 rings (SSSR count). The van der Waals surface area contributed by atoms with Gasteiger partial charge in [-0.1, -0.05) is 0 Å². The van der Waals surface area contributed by atoms with Gasteiger partial charge in [-0.3, -0.25) is 4.79 Å². The molecular weight excluding hydrogens is 328 g/mol. The topological polar surface area (TPSA) is 42.4 Å². The normalized spacial score (nSPS) is 14.0. The van der Waals surface area contributed by atoms with Gasteiger partial charge in [0.15, 0.2) is 0 Å². The zero-order chi connectivity index (χ0) is 16.0. The summed E-state index contributed by atoms with van der Waals surface area (Å²) in [6.07, 6.45) is 0.906. The van der Waals surface area contributed by atoms with Crippen LogP contribution in [-0.4, -0.2) is 24.5 Å². The number of aryl methyl sites for hydroxylation is 1. The van der Waals surface area contributed by atoms with Gasteiger partial charge in [0, 0.05) is 24.0 Å². The first-order chi connectivity index (χ1) is 11.1. The summed E-state index contributed by atoms with van der Waals surface area (Å²) in [5.41, 5.74) is 3.04. The van der Waals surface area contributed by atoms with Gasteiger partial charge in [0.25, 0.3) is 5.91 Å². The van der Waals surface area contributed by atoms with Crippen LogP contribution in [-0.2, 0) is 17.8 Å². The number of carbonyl (C=O) groups excluding carboxylic acids is 1. The Bertz CT molecular complexity index is 874. The molecule has 6 heteroatoms. The molecule has 3 aromatic rings. The summed E-state index contributed by atoms with van der Waals surface area (Å²) in [5.74, 6) is 0.0324. The second kappa shape index (κ2) is 5.70. The number of amides is 1. The Morgan fingerprint density at radius 3 is 3.00 bits per heavy atom. The number of aromatic nitrogens is 1. The van der Waals surface area contributed by atoms with Crippen molar-refractivity contribution in [1.29, 1.82) is 0 Å². The maximum atomic E-state index is 12.8. The Labute approximate surface area is 142 Å². The Hall–Kier alpha value is -1.76. The van der Waals surface area contributed by atoms with Gasteiger partial charge in [-0.2, -0.15) is 0 Å². The van der Waals surface area contributed by atoms with Crippen LogP contribution in [0.1, 0.15) is 25.1 Å². The minimum Gasteiger partial charge on any atom is -0.376 e. The smallest absolute Gasteiger partial charge is 0.268 e. The lowest BCUT2D eigenvalue weighted by molar-refractivity contribution is 0.0996. The second-order valence-corrected chi connectivity index (χ2v) is 7.98. The van der Waals surface area contributed by atoms with E-state index in [9.17, 15) is 4.79 Å². The standard InChI is InChI=1S/C17H16N2O2S2/c1-10-18-13-4-3-12(8-15(13)22-10)19(2)17(20)16-7-11-9-21-6-5-14(11)23-16/h3-4,7-8H,5-6,9H2,1-2H3. The summed E-state index contributed by atoms with van der Waals surface area (Å²) >= 11 is 3.24. The molecule has 4 nitrogen and oxygen atoms in total. The molecule has 1 aliphatic heterocycles. The highest BCUT2D eigenvalue weighted by Gasteiger charge is 2.21. The van der Waals surface area contributed by atoms with Crippen LogP contribution in [0.15, 0.2) is 24.3 Å². The Morgan fingerprint density at radius 1 is 1.30 bits per heavy atom. The molecule has 1 amide bonds. The highest BCUT2D eigenvalue weighted by molar-refractivity contribution is 7.18. The number of thiophene rings is 1. The highest BCUT2D eigenvalue weighted by atomic mass is 32.1. The van der Waals surface area contributed by atoms with E-state index in [4.69, 9.17) is 4.74 Å². The van der Waals surface area contributed by atoms with E-state index < -0.39 is 0 Å². The van der Waals surface area contributed by atoms with Crippen LogP contribution in [0, 0.1) is 6.92 Å². The number of anilines is 1. The van der Waals surface area contributed by atoms with Crippen LogP contribution in [0.3, 0.4) is 0 Å². The van der Waals surface area contributed by atoms with Crippen molar-refractivity contribution in [2.24, 2.45) is 0 Å². The molecule has 0 aliphatic carbocycles. The minimum absolute atomic E-state index is 0.0324. The van der Waals surface area contributed by atoms with Crippen molar-refractivity contribution in [3.63, 3.8) is 0 Å². The average Bonchev–Trinajstić information content (AvgIpc) is 3.14. The van der Waals surface area contributed by atoms with Gasteiger partial charge in [0.2, 0.25) is 0 Å². The van der Waals surface area contributed by atoms with Crippen molar-refractivity contribution in [2.75, 3.05) is 18.6 Å². The SMILES string of the molecule is Cc1nc2ccc(N(C)C(=O)c3cc4c(s3)CCOC4)cc2s1. The molecule has 0 fully saturated rings. The first-order valence-electron chi connectivity index (χ1n) is 7.46. The fourth-order valence-corrected chi connectivity index (χ4v) is 4.76. The molecule has 23 heavy (non-hydrogen) atoms. The summed E-state index contributed by atoms with van der Waals surface area (Å²) in [7, 11) is 1.83. The Morgan fingerprint density at radius 2 is 2.17 bits per heavy atom. The molecule has 118 valence electrons. The zero-order valence-electron chi connectivity index (χ0n) is 13.0. The van der Waals surface area contributed by atoms with Crippen LogP contribution >= 0.6 is 22.7 Å². The largest absolute Gasteiger partial charge is 0.376 e. The maximum Gasteiger partial charge on any atom is 0.268 e. The van der Waals surface area contributed by atoms with E-state index >= 15 is 0 Å². The molecule has 1 aromatic carbocycles. The lowest BCUT2D eigenvalue weighted by Crippen LogP contribution is -2.25. The molecule has 0 radical (unpaired) electrons. The predicted octanol–water partition coefficient (Wildman–Crippen LogP) is 4.02. The molecule has 0 atom stereocenters. The van der Waals surface area contributed by atoms with Crippen LogP contribution in [0.2, 0.25) is 0 Å². The van der Waals surface area contributed by atoms with Crippen molar-refractivity contribution in [3.05, 3.63) is 44.6 Å². The van der Waals surface area contributed by atoms with Gasteiger partial charge in [-0.25, -0.2) is 4.98 Å². The van der Waals surface area contributed by atoms with Crippen molar-refractivity contribution < 1.29 is 9.53 Å². The molecule has 0 spiro atoms. The fraction of sp³-hybridized carbons (Fsp3) is 0.294. The zero-order valence-corrected chi connectivity index (χ0v) is 14.6. The monoisotopic (exact) mass is 344 g/mol. The van der Waals surface area contributed by atoms with Gasteiger partial charge in [-0.15, -0.1) is 22.7 Å². The lowest BCUT2D eigenvalue weighted by Gasteiger charge is -2.16. The van der Waals surface area contributed by atoms with E-state index in [-0.39, 0.29) is 5.91 Å². The molecule has 0 saturated carbocycles. The molecular formula is C17H16N2O2S2. The number of nitrogens with zero attached hydrogens (tertiary/aromatic N) is 2. The van der Waals surface area contributed by atoms with Crippen molar-refractivity contribution in [2.45, 2.75) is 20.0 Å². The van der Waals surface area contributed by atoms with E-state index in [1.807, 2.05) is 38.2 Å². The number of fused-ring (bicyclic) bond motifs is 2. The fourth-order valence-electron chi connectivity index (χ4n) is 2.77. The van der Waals surface area contributed by atoms with E-state index in [0.29, 0.717) is 6.61 Å². The molecule has 0 bridgehead atoms. The molecule has 2 aromatic heterocycles. The first kappa shape index (κ1) is 14.8. The number of hydrogen-bond donors (Lipinski definition) is 0. The quantitative estimate of drug-likeness (QED) is 0.705. The third-order valence-electron chi connectivity index (χ3n) is 4.01. The predicted molar refractivity (Wildman–Crippen MR) is 94.8 cm³/mol. The van der Waals surface area contributed by atoms with E-state index in [2.05, 4.69) is 4.98 Å². The van der Waals surface area contributed by atoms with E-state index in [0.717, 1.165) is 44.4 Å². The van der Waals surface area contributed by atoms with Gasteiger partial charge in [0.1, 0.15) is 0 Å². The van der Waals surface area contributed by atoms with Crippen molar-refractivity contribution in [1.82, 2.24) is 4.98 Å². The number of thiazole rings is 1. The molecule has 3 heterocycles. The Kier molecular flexibility index (Phi) is 3.67. The third kappa shape index (κ3) is 2.67.